The van der Waals surface area contributed by atoms with Crippen molar-refractivity contribution in [3.63, 3.8) is 0 Å². The quantitative estimate of drug-likeness (QED) is 0.0211. The van der Waals surface area contributed by atoms with Crippen LogP contribution in [0.15, 0.2) is 120 Å². The van der Waals surface area contributed by atoms with Gasteiger partial charge in [-0.2, -0.15) is 0 Å². The van der Waals surface area contributed by atoms with E-state index in [1.807, 2.05) is 93.9 Å². The largest absolute Gasteiger partial charge is 0.289 e. The van der Waals surface area contributed by atoms with Gasteiger partial charge in [-0.1, -0.05) is 180 Å². The van der Waals surface area contributed by atoms with Crippen LogP contribution < -0.4 is 0 Å². The van der Waals surface area contributed by atoms with E-state index in [0.29, 0.717) is 56.4 Å². The van der Waals surface area contributed by atoms with Gasteiger partial charge in [0.05, 0.1) is 25.3 Å². The minimum Gasteiger partial charge on any atom is -0.289 e. The van der Waals surface area contributed by atoms with Crippen LogP contribution in [0.25, 0.3) is 93.6 Å². The minimum absolute atomic E-state index is 0.0728. The molecule has 2 aliphatic carbocycles. The van der Waals surface area contributed by atoms with Gasteiger partial charge in [-0.15, -0.1) is 68.0 Å². The smallest absolute Gasteiger partial charge is 0.270 e. The zero-order valence-electron chi connectivity index (χ0n) is 53.7. The Kier molecular flexibility index (Phi) is 22.0. The molecule has 3 aromatic carbocycles. The average Bonchev–Trinajstić information content (AvgIpc) is 1.56. The Balaban J connectivity index is 1.16. The van der Waals surface area contributed by atoms with E-state index in [4.69, 9.17) is 13.1 Å². The van der Waals surface area contributed by atoms with Gasteiger partial charge >= 0.3 is 0 Å². The predicted octanol–water partition coefficient (Wildman–Crippen LogP) is 25.7. The van der Waals surface area contributed by atoms with Crippen LogP contribution in [0.4, 0.5) is 0 Å². The maximum absolute atomic E-state index is 14.5. The van der Waals surface area contributed by atoms with Crippen molar-refractivity contribution in [1.29, 1.82) is 10.5 Å². The maximum Gasteiger partial charge on any atom is 0.270 e. The summed E-state index contributed by atoms with van der Waals surface area (Å²) in [5, 5.41) is 23.1. The van der Waals surface area contributed by atoms with Crippen molar-refractivity contribution in [3.05, 3.63) is 195 Å². The third kappa shape index (κ3) is 13.7. The molecule has 0 aliphatic heterocycles. The summed E-state index contributed by atoms with van der Waals surface area (Å²) in [6.45, 7) is 29.8. The molecule has 2 aliphatic rings. The molecule has 466 valence electrons. The van der Waals surface area contributed by atoms with Gasteiger partial charge in [0.25, 0.3) is 11.4 Å². The summed E-state index contributed by atoms with van der Waals surface area (Å²) in [7, 11) is 0. The summed E-state index contributed by atoms with van der Waals surface area (Å²) in [5.74, 6) is 0.618. The summed E-state index contributed by atoms with van der Waals surface area (Å²) >= 11 is 11.1. The zero-order chi connectivity index (χ0) is 64.4. The number of nitriles is 2. The van der Waals surface area contributed by atoms with Gasteiger partial charge in [-0.3, -0.25) is 9.59 Å². The summed E-state index contributed by atoms with van der Waals surface area (Å²) < 4.78 is 2.52. The molecule has 0 amide bonds. The molecule has 2 unspecified atom stereocenters. The fourth-order valence-corrected chi connectivity index (χ4v) is 20.8. The van der Waals surface area contributed by atoms with E-state index in [1.165, 1.54) is 120 Å². The second-order valence-corrected chi connectivity index (χ2v) is 31.2. The number of hydrogen-bond acceptors (Lipinski definition) is 10. The number of rotatable bonds is 28. The van der Waals surface area contributed by atoms with Gasteiger partial charge in [-0.25, -0.2) is 20.2 Å². The van der Waals surface area contributed by atoms with Crippen LogP contribution in [0.5, 0.6) is 0 Å². The molecular weight excluding hydrogens is 1240 g/mol. The molecule has 6 nitrogen and oxygen atoms in total. The van der Waals surface area contributed by atoms with E-state index in [-0.39, 0.29) is 23.0 Å². The predicted molar refractivity (Wildman–Crippen MR) is 396 cm³/mol. The van der Waals surface area contributed by atoms with E-state index in [1.54, 1.807) is 34.8 Å². The molecule has 6 heterocycles. The van der Waals surface area contributed by atoms with Crippen LogP contribution in [0.3, 0.4) is 0 Å². The highest BCUT2D eigenvalue weighted by Gasteiger charge is 2.35. The summed E-state index contributed by atoms with van der Waals surface area (Å²) in [6.07, 6.45) is 26.3. The number of unbranched alkanes of at least 4 members (excludes halogenated alkanes) is 8. The third-order valence-corrected chi connectivity index (χ3v) is 25.7. The second-order valence-electron chi connectivity index (χ2n) is 24.6. The molecule has 2 atom stereocenters. The Morgan fingerprint density at radius 2 is 0.880 bits per heavy atom. The van der Waals surface area contributed by atoms with Crippen LogP contribution in [0.1, 0.15) is 207 Å². The van der Waals surface area contributed by atoms with E-state index in [9.17, 15) is 20.1 Å². The average molecular weight is 1320 g/mol. The molecule has 0 bridgehead atoms. The van der Waals surface area contributed by atoms with Gasteiger partial charge in [0, 0.05) is 113 Å². The Morgan fingerprint density at radius 1 is 0.478 bits per heavy atom. The van der Waals surface area contributed by atoms with E-state index < -0.39 is 0 Å². The number of Topliss-reactive ketones (excluding diaryl/α,β-unsaturated/α-hetero) is 2. The molecular formula is C80H78N4O2S6. The first-order valence-corrected chi connectivity index (χ1v) is 38.1. The van der Waals surface area contributed by atoms with E-state index in [0.717, 1.165) is 99.6 Å². The number of thiophene rings is 6. The van der Waals surface area contributed by atoms with E-state index in [2.05, 4.69) is 112 Å². The van der Waals surface area contributed by atoms with Crippen LogP contribution in [0.2, 0.25) is 0 Å². The van der Waals surface area contributed by atoms with Gasteiger partial charge in [-0.05, 0) is 133 Å². The van der Waals surface area contributed by atoms with E-state index >= 15 is 0 Å². The molecule has 0 fully saturated rings. The number of hydrogen-bond donors (Lipinski definition) is 0. The van der Waals surface area contributed by atoms with Crippen LogP contribution in [-0.4, -0.2) is 11.6 Å². The number of carbonyl (C=O) groups is 2. The zero-order valence-corrected chi connectivity index (χ0v) is 58.6. The standard InChI is InChI=1S/C80H78N4O2S6/c1-9-15-19-21-29-53-35-37-67(87-53)73-63-45-69(77-51(39-49(13-5)27-17-11-3)41-55(89-77)43-61-71(65(47-81)83-7)57-31-23-25-33-59(57)75(61)85)92-80(63)74(68-38-36-54(88-68)30-22-20-16-10-2)64-46-70(91-79(64)73)78-52(40-50(14-6)28-18-12-4)42-56(90-78)44-62-72(66(48-82)84-8)58-32-24-26-34-60(58)76(62)86/h23-26,31-38,41-46,49-50H,9-22,27-30,39-40H2,1-6H3/b61-43?,62-44?,71-65-,72-66+. The normalized spacial score (nSPS) is 15.5. The Morgan fingerprint density at radius 3 is 1.25 bits per heavy atom. The van der Waals surface area contributed by atoms with Crippen molar-refractivity contribution < 1.29 is 9.59 Å². The van der Waals surface area contributed by atoms with Crippen LogP contribution >= 0.6 is 68.0 Å². The number of benzene rings is 3. The van der Waals surface area contributed by atoms with Crippen LogP contribution in [-0.2, 0) is 25.7 Å². The van der Waals surface area contributed by atoms with Gasteiger partial charge < -0.3 is 0 Å². The minimum atomic E-state index is -0.161. The molecule has 92 heavy (non-hydrogen) atoms. The molecule has 9 aromatic rings. The molecule has 0 N–H and O–H groups in total. The van der Waals surface area contributed by atoms with Crippen molar-refractivity contribution in [3.8, 4) is 52.5 Å². The Labute approximate surface area is 568 Å². The van der Waals surface area contributed by atoms with Gasteiger partial charge in [0.2, 0.25) is 0 Å². The fourth-order valence-electron chi connectivity index (χ4n) is 13.4. The lowest BCUT2D eigenvalue weighted by Gasteiger charge is -2.14. The molecule has 0 saturated heterocycles. The lowest BCUT2D eigenvalue weighted by atomic mass is 9.91. The Bertz CT molecular complexity index is 4190. The fraction of sp³-hybridized carbons (Fsp3) is 0.350. The number of aryl methyl sites for hydroxylation is 2. The highest BCUT2D eigenvalue weighted by atomic mass is 32.1. The number of nitrogens with zero attached hydrogens (tertiary/aromatic N) is 4. The molecule has 12 heteroatoms. The second kappa shape index (κ2) is 30.6. The SMILES string of the molecule is [C-]#[N+]/C(C#N)=C1\C(=Cc2cc(CC(CC)CCCC)c(-c3cc4c(-c5ccc(CCCCCC)s5)c5sc(-c6sc(C=C7C(=O)c8ccccc8/C7=C(/C#N)[N+]#[C-])cc6CC(CC)CCCC)cc5c(-c5ccc(CCCCCC)s5)c4s3)s2)C(=O)c2ccccc21. The first-order chi connectivity index (χ1) is 45.0. The first kappa shape index (κ1) is 66.1. The first-order valence-electron chi connectivity index (χ1n) is 33.2. The summed E-state index contributed by atoms with van der Waals surface area (Å²) in [6, 6.07) is 38.1. The maximum atomic E-state index is 14.5. The number of carbonyl (C=O) groups excluding carboxylic acids is 2. The monoisotopic (exact) mass is 1320 g/mol. The third-order valence-electron chi connectivity index (χ3n) is 18.4. The molecule has 0 radical (unpaired) electrons. The van der Waals surface area contributed by atoms with Crippen molar-refractivity contribution >= 4 is 123 Å². The number of allylic oxidation sites excluding steroid dienone is 6. The lowest BCUT2D eigenvalue weighted by Crippen LogP contribution is -2.03. The van der Waals surface area contributed by atoms with Crippen LogP contribution in [0, 0.1) is 47.6 Å². The van der Waals surface area contributed by atoms with Crippen molar-refractivity contribution in [1.82, 2.24) is 0 Å². The highest BCUT2D eigenvalue weighted by molar-refractivity contribution is 7.29. The lowest BCUT2D eigenvalue weighted by molar-refractivity contribution is 0.103. The summed E-state index contributed by atoms with van der Waals surface area (Å²) in [4.78, 5) is 48.2. The Hall–Kier alpha value is -7.36. The topological polar surface area (TPSA) is 90.4 Å². The van der Waals surface area contributed by atoms with Gasteiger partial charge in [0.15, 0.2) is 11.6 Å². The molecule has 6 aromatic heterocycles. The van der Waals surface area contributed by atoms with Crippen molar-refractivity contribution in [2.24, 2.45) is 11.8 Å². The number of fused-ring (bicyclic) bond motifs is 4. The van der Waals surface area contributed by atoms with Crippen molar-refractivity contribution in [2.75, 3.05) is 0 Å². The molecule has 0 saturated carbocycles. The molecule has 0 spiro atoms. The van der Waals surface area contributed by atoms with Crippen molar-refractivity contribution in [2.45, 2.75) is 170 Å². The highest BCUT2D eigenvalue weighted by Crippen LogP contribution is 2.57. The summed E-state index contributed by atoms with van der Waals surface area (Å²) in [5.41, 5.74) is 8.87. The number of ketones is 2. The van der Waals surface area contributed by atoms with Gasteiger partial charge in [0.1, 0.15) is 0 Å². The molecule has 11 rings (SSSR count).